The van der Waals surface area contributed by atoms with Crippen LogP contribution in [-0.2, 0) is 4.79 Å². The Balaban J connectivity index is 1.59. The first kappa shape index (κ1) is 17.4. The molecule has 0 aromatic heterocycles. The van der Waals surface area contributed by atoms with E-state index in [1.54, 1.807) is 0 Å². The molecule has 0 unspecified atom stereocenters. The first-order valence-corrected chi connectivity index (χ1v) is 9.16. The zero-order valence-electron chi connectivity index (χ0n) is 14.9. The topological polar surface area (TPSA) is 38.8 Å². The number of hydrogen-bond donors (Lipinski definition) is 1. The van der Waals surface area contributed by atoms with Crippen LogP contribution in [0.3, 0.4) is 0 Å². The molecule has 5 nitrogen and oxygen atoms in total. The predicted octanol–water partition coefficient (Wildman–Crippen LogP) is 1.19. The molecule has 2 heterocycles. The van der Waals surface area contributed by atoms with E-state index in [0.717, 1.165) is 45.8 Å². The summed E-state index contributed by atoms with van der Waals surface area (Å²) in [5.74, 6) is 0.267. The minimum absolute atomic E-state index is 0.157. The van der Waals surface area contributed by atoms with Crippen LogP contribution in [-0.4, -0.2) is 79.0 Å². The van der Waals surface area contributed by atoms with Crippen molar-refractivity contribution in [2.45, 2.75) is 25.9 Å². The van der Waals surface area contributed by atoms with Crippen LogP contribution in [0.1, 0.15) is 25.5 Å². The van der Waals surface area contributed by atoms with Gasteiger partial charge >= 0.3 is 0 Å². The van der Waals surface area contributed by atoms with Crippen LogP contribution < -0.4 is 5.32 Å². The molecule has 1 N–H and O–H groups in total. The van der Waals surface area contributed by atoms with Crippen molar-refractivity contribution in [1.82, 2.24) is 20.0 Å². The maximum Gasteiger partial charge on any atom is 0.237 e. The molecular formula is C19H30N4O. The Labute approximate surface area is 145 Å². The second-order valence-electron chi connectivity index (χ2n) is 7.12. The molecule has 24 heavy (non-hydrogen) atoms. The van der Waals surface area contributed by atoms with E-state index in [0.29, 0.717) is 12.6 Å². The summed E-state index contributed by atoms with van der Waals surface area (Å²) in [5, 5.41) is 3.43. The molecule has 0 saturated carbocycles. The van der Waals surface area contributed by atoms with Gasteiger partial charge in [-0.25, -0.2) is 0 Å². The van der Waals surface area contributed by atoms with Gasteiger partial charge < -0.3 is 10.2 Å². The molecule has 5 heteroatoms. The Kier molecular flexibility index (Phi) is 5.87. The Morgan fingerprint density at radius 1 is 1.12 bits per heavy atom. The lowest BCUT2D eigenvalue weighted by atomic mass is 10.0. The van der Waals surface area contributed by atoms with Crippen molar-refractivity contribution in [3.05, 3.63) is 35.9 Å². The third-order valence-electron chi connectivity index (χ3n) is 5.24. The smallest absolute Gasteiger partial charge is 0.237 e. The summed E-state index contributed by atoms with van der Waals surface area (Å²) in [6, 6.07) is 11.1. The Morgan fingerprint density at radius 3 is 2.50 bits per heavy atom. The lowest BCUT2D eigenvalue weighted by Crippen LogP contribution is -2.54. The average Bonchev–Trinajstić information content (AvgIpc) is 2.63. The van der Waals surface area contributed by atoms with Crippen molar-refractivity contribution in [2.75, 3.05) is 52.4 Å². The van der Waals surface area contributed by atoms with Gasteiger partial charge in [-0.05, 0) is 19.4 Å². The molecule has 132 valence electrons. The number of rotatable bonds is 4. The second kappa shape index (κ2) is 8.10. The fraction of sp³-hybridized carbons (Fsp3) is 0.632. The molecule has 0 spiro atoms. The number of amides is 1. The van der Waals surface area contributed by atoms with Crippen LogP contribution in [0.2, 0.25) is 0 Å². The Hall–Kier alpha value is -1.43. The molecular weight excluding hydrogens is 300 g/mol. The van der Waals surface area contributed by atoms with Crippen LogP contribution in [0, 0.1) is 0 Å². The van der Waals surface area contributed by atoms with Crippen LogP contribution in [0.25, 0.3) is 0 Å². The van der Waals surface area contributed by atoms with E-state index in [9.17, 15) is 4.79 Å². The van der Waals surface area contributed by atoms with Gasteiger partial charge in [0, 0.05) is 51.9 Å². The monoisotopic (exact) mass is 330 g/mol. The van der Waals surface area contributed by atoms with Gasteiger partial charge in [-0.3, -0.25) is 14.6 Å². The fourth-order valence-electron chi connectivity index (χ4n) is 3.70. The molecule has 2 fully saturated rings. The summed E-state index contributed by atoms with van der Waals surface area (Å²) in [6.45, 7) is 11.7. The lowest BCUT2D eigenvalue weighted by Gasteiger charge is -2.40. The number of nitrogens with one attached hydrogen (secondary N) is 1. The van der Waals surface area contributed by atoms with Crippen molar-refractivity contribution < 1.29 is 4.79 Å². The maximum atomic E-state index is 12.9. The lowest BCUT2D eigenvalue weighted by molar-refractivity contribution is -0.136. The summed E-state index contributed by atoms with van der Waals surface area (Å²) >= 11 is 0. The first-order chi connectivity index (χ1) is 11.6. The van der Waals surface area contributed by atoms with E-state index >= 15 is 0 Å². The molecule has 1 aromatic carbocycles. The van der Waals surface area contributed by atoms with E-state index in [1.807, 2.05) is 6.07 Å². The number of benzene rings is 1. The second-order valence-corrected chi connectivity index (χ2v) is 7.12. The standard InChI is InChI=1S/C19H30N4O/c1-16(2)22-12-10-21(11-13-22)15-19(24)23-9-8-20-14-18(23)17-6-4-3-5-7-17/h3-7,16,18,20H,8-15H2,1-2H3/t18-/m0/s1. The highest BCUT2D eigenvalue weighted by molar-refractivity contribution is 5.79. The third kappa shape index (κ3) is 4.15. The van der Waals surface area contributed by atoms with E-state index in [-0.39, 0.29) is 11.9 Å². The van der Waals surface area contributed by atoms with E-state index in [1.165, 1.54) is 5.56 Å². The minimum Gasteiger partial charge on any atom is -0.332 e. The first-order valence-electron chi connectivity index (χ1n) is 9.16. The molecule has 2 aliphatic heterocycles. The molecule has 3 rings (SSSR count). The highest BCUT2D eigenvalue weighted by Crippen LogP contribution is 2.22. The van der Waals surface area contributed by atoms with Gasteiger partial charge in [-0.1, -0.05) is 30.3 Å². The van der Waals surface area contributed by atoms with Crippen molar-refractivity contribution in [3.8, 4) is 0 Å². The van der Waals surface area contributed by atoms with Gasteiger partial charge in [-0.2, -0.15) is 0 Å². The Bertz CT molecular complexity index is 525. The van der Waals surface area contributed by atoms with Crippen LogP contribution in [0.15, 0.2) is 30.3 Å². The summed E-state index contributed by atoms with van der Waals surface area (Å²) in [7, 11) is 0. The van der Waals surface area contributed by atoms with E-state index in [2.05, 4.69) is 58.1 Å². The van der Waals surface area contributed by atoms with Crippen LogP contribution >= 0.6 is 0 Å². The molecule has 1 aromatic rings. The van der Waals surface area contributed by atoms with Crippen molar-refractivity contribution >= 4 is 5.91 Å². The summed E-state index contributed by atoms with van der Waals surface area (Å²) in [5.41, 5.74) is 1.22. The van der Waals surface area contributed by atoms with Gasteiger partial charge in [0.15, 0.2) is 0 Å². The molecule has 2 aliphatic rings. The van der Waals surface area contributed by atoms with Crippen molar-refractivity contribution in [1.29, 1.82) is 0 Å². The zero-order valence-corrected chi connectivity index (χ0v) is 14.9. The van der Waals surface area contributed by atoms with Crippen molar-refractivity contribution in [2.24, 2.45) is 0 Å². The summed E-state index contributed by atoms with van der Waals surface area (Å²) < 4.78 is 0. The van der Waals surface area contributed by atoms with Gasteiger partial charge in [0.2, 0.25) is 5.91 Å². The van der Waals surface area contributed by atoms with Crippen molar-refractivity contribution in [3.63, 3.8) is 0 Å². The number of carbonyl (C=O) groups is 1. The van der Waals surface area contributed by atoms with Gasteiger partial charge in [0.05, 0.1) is 12.6 Å². The summed E-state index contributed by atoms with van der Waals surface area (Å²) in [6.07, 6.45) is 0. The molecule has 0 aliphatic carbocycles. The van der Waals surface area contributed by atoms with Crippen LogP contribution in [0.5, 0.6) is 0 Å². The average molecular weight is 330 g/mol. The molecule has 1 atom stereocenters. The third-order valence-corrected chi connectivity index (χ3v) is 5.24. The van der Waals surface area contributed by atoms with Gasteiger partial charge in [0.1, 0.15) is 0 Å². The Morgan fingerprint density at radius 2 is 1.83 bits per heavy atom. The van der Waals surface area contributed by atoms with E-state index < -0.39 is 0 Å². The molecule has 0 bridgehead atoms. The number of nitrogens with zero attached hydrogens (tertiary/aromatic N) is 3. The molecule has 0 radical (unpaired) electrons. The van der Waals surface area contributed by atoms with Gasteiger partial charge in [0.25, 0.3) is 0 Å². The zero-order chi connectivity index (χ0) is 16.9. The minimum atomic E-state index is 0.157. The number of hydrogen-bond acceptors (Lipinski definition) is 4. The summed E-state index contributed by atoms with van der Waals surface area (Å²) in [4.78, 5) is 19.8. The predicted molar refractivity (Wildman–Crippen MR) is 96.9 cm³/mol. The largest absolute Gasteiger partial charge is 0.332 e. The normalized spacial score (nSPS) is 23.6. The van der Waals surface area contributed by atoms with Gasteiger partial charge in [-0.15, -0.1) is 0 Å². The number of carbonyl (C=O) groups excluding carboxylic acids is 1. The highest BCUT2D eigenvalue weighted by atomic mass is 16.2. The van der Waals surface area contributed by atoms with E-state index in [4.69, 9.17) is 0 Å². The quantitative estimate of drug-likeness (QED) is 0.900. The fourth-order valence-corrected chi connectivity index (χ4v) is 3.70. The molecule has 2 saturated heterocycles. The maximum absolute atomic E-state index is 12.9. The number of piperazine rings is 2. The highest BCUT2D eigenvalue weighted by Gasteiger charge is 2.29. The SMILES string of the molecule is CC(C)N1CCN(CC(=O)N2CCNC[C@H]2c2ccccc2)CC1. The van der Waals surface area contributed by atoms with Crippen LogP contribution in [0.4, 0.5) is 0 Å². The molecule has 1 amide bonds.